The molecule has 2 atom stereocenters. The van der Waals surface area contributed by atoms with Crippen LogP contribution in [0.2, 0.25) is 0 Å². The number of carbonyl (C=O) groups is 1. The lowest BCUT2D eigenvalue weighted by Crippen LogP contribution is -2.13. The van der Waals surface area contributed by atoms with E-state index in [-0.39, 0.29) is 23.9 Å². The SMILES string of the molecule is CC(CC(=O)O)CC(C)(C)C.CCCCCCC(C)ON=O. The van der Waals surface area contributed by atoms with Crippen LogP contribution in [0.1, 0.15) is 86.5 Å². The molecule has 0 aromatic rings. The number of carboxylic acids is 1. The number of nitrogens with zero attached hydrogens (tertiary/aromatic N) is 1. The van der Waals surface area contributed by atoms with Crippen molar-refractivity contribution in [1.82, 2.24) is 0 Å². The van der Waals surface area contributed by atoms with Crippen molar-refractivity contribution in [1.29, 1.82) is 0 Å². The van der Waals surface area contributed by atoms with E-state index in [4.69, 9.17) is 5.11 Å². The van der Waals surface area contributed by atoms with Crippen molar-refractivity contribution >= 4 is 5.97 Å². The number of carboxylic acid groups (broad SMARTS) is 1. The first kappa shape index (κ1) is 23.1. The summed E-state index contributed by atoms with van der Waals surface area (Å²) in [7, 11) is 0. The predicted octanol–water partition coefficient (Wildman–Crippen LogP) is 5.58. The van der Waals surface area contributed by atoms with Gasteiger partial charge in [0, 0.05) is 6.42 Å². The maximum Gasteiger partial charge on any atom is 0.303 e. The van der Waals surface area contributed by atoms with Gasteiger partial charge in [-0.1, -0.05) is 53.9 Å². The Bertz CT molecular complexity index is 287. The molecule has 0 saturated carbocycles. The highest BCUT2D eigenvalue weighted by Gasteiger charge is 2.16. The van der Waals surface area contributed by atoms with Gasteiger partial charge in [0.05, 0.1) is 0 Å². The van der Waals surface area contributed by atoms with Crippen LogP contribution in [-0.2, 0) is 9.63 Å². The summed E-state index contributed by atoms with van der Waals surface area (Å²) in [6, 6.07) is 0. The first-order valence-corrected chi connectivity index (χ1v) is 8.32. The van der Waals surface area contributed by atoms with E-state index in [1.807, 2.05) is 13.8 Å². The van der Waals surface area contributed by atoms with Crippen LogP contribution >= 0.6 is 0 Å². The van der Waals surface area contributed by atoms with E-state index in [9.17, 15) is 9.70 Å². The van der Waals surface area contributed by atoms with Crippen molar-refractivity contribution in [3.63, 3.8) is 0 Å². The van der Waals surface area contributed by atoms with Crippen molar-refractivity contribution in [3.8, 4) is 0 Å². The third-order valence-electron chi connectivity index (χ3n) is 3.17. The lowest BCUT2D eigenvalue weighted by Gasteiger charge is -2.21. The molecule has 2 unspecified atom stereocenters. The van der Waals surface area contributed by atoms with Gasteiger partial charge in [0.2, 0.25) is 0 Å². The number of hydrogen-bond acceptors (Lipinski definition) is 4. The molecule has 0 fully saturated rings. The van der Waals surface area contributed by atoms with Gasteiger partial charge in [-0.3, -0.25) is 4.79 Å². The van der Waals surface area contributed by atoms with Crippen LogP contribution in [-0.4, -0.2) is 17.2 Å². The lowest BCUT2D eigenvalue weighted by molar-refractivity contribution is -0.138. The molecule has 0 aromatic heterocycles. The zero-order valence-corrected chi connectivity index (χ0v) is 15.2. The Labute approximate surface area is 135 Å². The first-order valence-electron chi connectivity index (χ1n) is 8.32. The van der Waals surface area contributed by atoms with Crippen LogP contribution in [0.5, 0.6) is 0 Å². The normalized spacial score (nSPS) is 13.5. The lowest BCUT2D eigenvalue weighted by atomic mass is 9.84. The Balaban J connectivity index is 0. The molecule has 0 rings (SSSR count). The first-order chi connectivity index (χ1) is 10.1. The van der Waals surface area contributed by atoms with Crippen molar-refractivity contribution < 1.29 is 14.7 Å². The van der Waals surface area contributed by atoms with Crippen LogP contribution in [0.15, 0.2) is 5.34 Å². The molecule has 0 saturated heterocycles. The van der Waals surface area contributed by atoms with Gasteiger partial charge in [0.25, 0.3) is 0 Å². The number of hydrogen-bond donors (Lipinski definition) is 1. The van der Waals surface area contributed by atoms with Crippen LogP contribution in [0.25, 0.3) is 0 Å². The Hall–Kier alpha value is -1.13. The van der Waals surface area contributed by atoms with Gasteiger partial charge < -0.3 is 9.94 Å². The molecule has 0 aliphatic heterocycles. The highest BCUT2D eigenvalue weighted by molar-refractivity contribution is 5.66. The maximum atomic E-state index is 10.3. The molecule has 132 valence electrons. The smallest absolute Gasteiger partial charge is 0.303 e. The van der Waals surface area contributed by atoms with Crippen molar-refractivity contribution in [2.75, 3.05) is 0 Å². The van der Waals surface area contributed by atoms with E-state index >= 15 is 0 Å². The third-order valence-corrected chi connectivity index (χ3v) is 3.17. The molecule has 5 heteroatoms. The summed E-state index contributed by atoms with van der Waals surface area (Å²) in [4.78, 5) is 24.4. The topological polar surface area (TPSA) is 76.0 Å². The Morgan fingerprint density at radius 3 is 2.18 bits per heavy atom. The molecule has 22 heavy (non-hydrogen) atoms. The zero-order chi connectivity index (χ0) is 17.6. The van der Waals surface area contributed by atoms with E-state index in [0.717, 1.165) is 19.3 Å². The number of rotatable bonds is 10. The van der Waals surface area contributed by atoms with Crippen molar-refractivity contribution in [2.24, 2.45) is 16.7 Å². The minimum Gasteiger partial charge on any atom is -0.481 e. The summed E-state index contributed by atoms with van der Waals surface area (Å²) in [5.41, 5.74) is 0.245. The van der Waals surface area contributed by atoms with E-state index in [1.54, 1.807) is 0 Å². The van der Waals surface area contributed by atoms with E-state index in [2.05, 4.69) is 37.9 Å². The summed E-state index contributed by atoms with van der Waals surface area (Å²) in [5.74, 6) is -0.408. The monoisotopic (exact) mass is 317 g/mol. The van der Waals surface area contributed by atoms with E-state index in [0.29, 0.717) is 0 Å². The molecule has 0 spiro atoms. The highest BCUT2D eigenvalue weighted by Crippen LogP contribution is 2.25. The van der Waals surface area contributed by atoms with Crippen LogP contribution in [0.4, 0.5) is 0 Å². The van der Waals surface area contributed by atoms with E-state index in [1.165, 1.54) is 19.3 Å². The predicted molar refractivity (Wildman–Crippen MR) is 90.6 cm³/mol. The second kappa shape index (κ2) is 13.5. The standard InChI is InChI=1S/C9H18O2.C8H17NO2/c1-7(5-8(10)11)6-9(2,3)4;1-3-4-5-6-7-8(2)11-9-10/h7H,5-6H2,1-4H3,(H,10,11);8H,3-7H2,1-2H3. The van der Waals surface area contributed by atoms with Gasteiger partial charge in [0.15, 0.2) is 5.34 Å². The van der Waals surface area contributed by atoms with Gasteiger partial charge in [-0.15, -0.1) is 4.91 Å². The second-order valence-electron chi connectivity index (χ2n) is 7.31. The fourth-order valence-corrected chi connectivity index (χ4v) is 2.40. The minimum atomic E-state index is -0.693. The molecule has 1 N–H and O–H groups in total. The number of aliphatic carboxylic acids is 1. The van der Waals surface area contributed by atoms with Gasteiger partial charge >= 0.3 is 5.97 Å². The molecule has 5 nitrogen and oxygen atoms in total. The van der Waals surface area contributed by atoms with E-state index < -0.39 is 5.97 Å². The molecular formula is C17H35NO4. The highest BCUT2D eigenvalue weighted by atomic mass is 16.7. The molecule has 0 aromatic carbocycles. The summed E-state index contributed by atoms with van der Waals surface area (Å²) in [6.45, 7) is 12.4. The summed E-state index contributed by atoms with van der Waals surface area (Å²) in [6.07, 6.45) is 7.04. The molecule has 0 aliphatic carbocycles. The zero-order valence-electron chi connectivity index (χ0n) is 15.2. The Kier molecular flexibility index (Phi) is 14.2. The van der Waals surface area contributed by atoms with Gasteiger partial charge in [0.1, 0.15) is 6.10 Å². The van der Waals surface area contributed by atoms with Crippen LogP contribution in [0.3, 0.4) is 0 Å². The summed E-state index contributed by atoms with van der Waals surface area (Å²) in [5, 5.41) is 10.9. The summed E-state index contributed by atoms with van der Waals surface area (Å²) >= 11 is 0. The average Bonchev–Trinajstić information content (AvgIpc) is 2.32. The number of unbranched alkanes of at least 4 members (excludes halogenated alkanes) is 3. The van der Waals surface area contributed by atoms with Crippen molar-refractivity contribution in [2.45, 2.75) is 92.6 Å². The quantitative estimate of drug-likeness (QED) is 0.324. The maximum absolute atomic E-state index is 10.3. The fourth-order valence-electron chi connectivity index (χ4n) is 2.40. The Morgan fingerprint density at radius 1 is 1.18 bits per heavy atom. The van der Waals surface area contributed by atoms with Gasteiger partial charge in [-0.25, -0.2) is 0 Å². The van der Waals surface area contributed by atoms with Crippen molar-refractivity contribution in [3.05, 3.63) is 4.91 Å². The molecule has 0 radical (unpaired) electrons. The minimum absolute atomic E-state index is 0.00986. The van der Waals surface area contributed by atoms with Crippen LogP contribution < -0.4 is 0 Å². The molecule has 0 heterocycles. The Morgan fingerprint density at radius 2 is 1.77 bits per heavy atom. The van der Waals surface area contributed by atoms with Gasteiger partial charge in [-0.05, 0) is 37.5 Å². The largest absolute Gasteiger partial charge is 0.481 e. The molecule has 0 amide bonds. The third kappa shape index (κ3) is 21.2. The average molecular weight is 317 g/mol. The molecule has 0 bridgehead atoms. The molecule has 0 aliphatic rings. The van der Waals surface area contributed by atoms with Crippen LogP contribution in [0, 0.1) is 16.2 Å². The van der Waals surface area contributed by atoms with Gasteiger partial charge in [-0.2, -0.15) is 0 Å². The fraction of sp³-hybridized carbons (Fsp3) is 0.941. The summed E-state index contributed by atoms with van der Waals surface area (Å²) < 4.78 is 0. The molecular weight excluding hydrogens is 282 g/mol. The second-order valence-corrected chi connectivity index (χ2v) is 7.31.